The van der Waals surface area contributed by atoms with Gasteiger partial charge in [-0.05, 0) is 20.5 Å². The van der Waals surface area contributed by atoms with Gasteiger partial charge in [0.1, 0.15) is 0 Å². The molecular weight excluding hydrogens is 176 g/mol. The molecule has 0 aliphatic rings. The smallest absolute Gasteiger partial charge is 0.0584 e. The number of nitrogens with zero attached hydrogens (tertiary/aromatic N) is 1. The molecule has 2 N–H and O–H groups in total. The van der Waals surface area contributed by atoms with E-state index in [4.69, 9.17) is 5.11 Å². The molecule has 0 heterocycles. The molecular formula is C11H26N2O. The monoisotopic (exact) mass is 202 g/mol. The lowest BCUT2D eigenvalue weighted by Gasteiger charge is -2.17. The zero-order valence-corrected chi connectivity index (χ0v) is 9.92. The van der Waals surface area contributed by atoms with Crippen molar-refractivity contribution in [2.75, 3.05) is 33.8 Å². The van der Waals surface area contributed by atoms with Gasteiger partial charge in [0, 0.05) is 19.1 Å². The third kappa shape index (κ3) is 8.48. The van der Waals surface area contributed by atoms with Gasteiger partial charge in [-0.3, -0.25) is 0 Å². The van der Waals surface area contributed by atoms with E-state index in [2.05, 4.69) is 31.2 Å². The normalized spacial score (nSPS) is 13.5. The van der Waals surface area contributed by atoms with Gasteiger partial charge in [0.2, 0.25) is 0 Å². The van der Waals surface area contributed by atoms with Crippen LogP contribution in [0.1, 0.15) is 32.6 Å². The first-order valence-corrected chi connectivity index (χ1v) is 5.69. The minimum atomic E-state index is 0.261. The standard InChI is InChI=1S/C11H26N2O/c1-4-5-6-7-11(10-14)12-8-9-13(2)3/h11-12,14H,4-10H2,1-3H3. The number of aliphatic hydroxyl groups excluding tert-OH is 1. The van der Waals surface area contributed by atoms with Gasteiger partial charge in [0.15, 0.2) is 0 Å². The van der Waals surface area contributed by atoms with Crippen LogP contribution in [0.5, 0.6) is 0 Å². The summed E-state index contributed by atoms with van der Waals surface area (Å²) in [5, 5.41) is 12.5. The van der Waals surface area contributed by atoms with Crippen LogP contribution < -0.4 is 5.32 Å². The Labute approximate surface area is 88.5 Å². The summed E-state index contributed by atoms with van der Waals surface area (Å²) in [4.78, 5) is 2.15. The number of nitrogens with one attached hydrogen (secondary N) is 1. The van der Waals surface area contributed by atoms with Crippen LogP contribution in [0.15, 0.2) is 0 Å². The van der Waals surface area contributed by atoms with Crippen LogP contribution >= 0.6 is 0 Å². The Bertz CT molecular complexity index is 118. The molecule has 0 aromatic rings. The van der Waals surface area contributed by atoms with E-state index < -0.39 is 0 Å². The minimum Gasteiger partial charge on any atom is -0.395 e. The van der Waals surface area contributed by atoms with Crippen LogP contribution in [-0.4, -0.2) is 49.8 Å². The number of aliphatic hydroxyl groups is 1. The Balaban J connectivity index is 3.38. The Hall–Kier alpha value is -0.120. The van der Waals surface area contributed by atoms with Crippen molar-refractivity contribution in [3.05, 3.63) is 0 Å². The fourth-order valence-electron chi connectivity index (χ4n) is 1.39. The second-order valence-electron chi connectivity index (χ2n) is 4.13. The molecule has 0 saturated heterocycles. The molecule has 3 nitrogen and oxygen atoms in total. The number of likely N-dealkylation sites (N-methyl/N-ethyl adjacent to an activating group) is 1. The van der Waals surface area contributed by atoms with Crippen LogP contribution in [0.3, 0.4) is 0 Å². The second-order valence-corrected chi connectivity index (χ2v) is 4.13. The number of rotatable bonds is 9. The van der Waals surface area contributed by atoms with Gasteiger partial charge in [-0.2, -0.15) is 0 Å². The van der Waals surface area contributed by atoms with Crippen molar-refractivity contribution in [2.45, 2.75) is 38.6 Å². The van der Waals surface area contributed by atoms with E-state index in [0.717, 1.165) is 19.5 Å². The molecule has 0 amide bonds. The Kier molecular flexibility index (Phi) is 9.35. The zero-order chi connectivity index (χ0) is 10.8. The van der Waals surface area contributed by atoms with E-state index in [1.807, 2.05) is 0 Å². The molecule has 1 atom stereocenters. The molecule has 0 radical (unpaired) electrons. The Morgan fingerprint density at radius 2 is 2.00 bits per heavy atom. The highest BCUT2D eigenvalue weighted by molar-refractivity contribution is 4.65. The molecule has 0 aliphatic carbocycles. The quantitative estimate of drug-likeness (QED) is 0.549. The highest BCUT2D eigenvalue weighted by Crippen LogP contribution is 2.02. The first kappa shape index (κ1) is 13.9. The average molecular weight is 202 g/mol. The molecule has 0 aromatic heterocycles. The second kappa shape index (κ2) is 9.44. The molecule has 1 unspecified atom stereocenters. The van der Waals surface area contributed by atoms with Gasteiger partial charge < -0.3 is 15.3 Å². The van der Waals surface area contributed by atoms with E-state index in [1.165, 1.54) is 19.3 Å². The maximum absolute atomic E-state index is 9.11. The number of hydrogen-bond donors (Lipinski definition) is 2. The third-order valence-corrected chi connectivity index (χ3v) is 2.37. The van der Waals surface area contributed by atoms with Gasteiger partial charge in [-0.1, -0.05) is 26.2 Å². The van der Waals surface area contributed by atoms with E-state index in [-0.39, 0.29) is 6.61 Å². The van der Waals surface area contributed by atoms with Gasteiger partial charge >= 0.3 is 0 Å². The van der Waals surface area contributed by atoms with Crippen molar-refractivity contribution >= 4 is 0 Å². The maximum atomic E-state index is 9.11. The predicted molar refractivity (Wildman–Crippen MR) is 61.6 cm³/mol. The highest BCUT2D eigenvalue weighted by Gasteiger charge is 2.05. The summed E-state index contributed by atoms with van der Waals surface area (Å²) in [6.45, 7) is 4.46. The lowest BCUT2D eigenvalue weighted by atomic mass is 10.1. The average Bonchev–Trinajstić information content (AvgIpc) is 2.15. The fourth-order valence-corrected chi connectivity index (χ4v) is 1.39. The van der Waals surface area contributed by atoms with Gasteiger partial charge in [0.25, 0.3) is 0 Å². The number of unbranched alkanes of at least 4 members (excludes halogenated alkanes) is 2. The van der Waals surface area contributed by atoms with E-state index in [1.54, 1.807) is 0 Å². The van der Waals surface area contributed by atoms with Crippen LogP contribution in [0.4, 0.5) is 0 Å². The zero-order valence-electron chi connectivity index (χ0n) is 9.92. The molecule has 3 heteroatoms. The van der Waals surface area contributed by atoms with Crippen LogP contribution in [0.25, 0.3) is 0 Å². The van der Waals surface area contributed by atoms with E-state index in [0.29, 0.717) is 6.04 Å². The van der Waals surface area contributed by atoms with Crippen LogP contribution in [-0.2, 0) is 0 Å². The summed E-state index contributed by atoms with van der Waals surface area (Å²) in [6, 6.07) is 0.293. The SMILES string of the molecule is CCCCCC(CO)NCCN(C)C. The summed E-state index contributed by atoms with van der Waals surface area (Å²) in [5.41, 5.74) is 0. The molecule has 0 fully saturated rings. The van der Waals surface area contributed by atoms with Crippen LogP contribution in [0, 0.1) is 0 Å². The van der Waals surface area contributed by atoms with E-state index in [9.17, 15) is 0 Å². The van der Waals surface area contributed by atoms with Crippen molar-refractivity contribution in [1.82, 2.24) is 10.2 Å². The Morgan fingerprint density at radius 3 is 2.50 bits per heavy atom. The van der Waals surface area contributed by atoms with Crippen molar-refractivity contribution < 1.29 is 5.11 Å². The summed E-state index contributed by atoms with van der Waals surface area (Å²) >= 11 is 0. The van der Waals surface area contributed by atoms with Gasteiger partial charge in [0.05, 0.1) is 6.61 Å². The van der Waals surface area contributed by atoms with Crippen molar-refractivity contribution in [3.63, 3.8) is 0 Å². The lowest BCUT2D eigenvalue weighted by molar-refractivity contribution is 0.229. The first-order valence-electron chi connectivity index (χ1n) is 5.69. The van der Waals surface area contributed by atoms with Crippen LogP contribution in [0.2, 0.25) is 0 Å². The van der Waals surface area contributed by atoms with Crippen molar-refractivity contribution in [2.24, 2.45) is 0 Å². The van der Waals surface area contributed by atoms with Gasteiger partial charge in [-0.25, -0.2) is 0 Å². The lowest BCUT2D eigenvalue weighted by Crippen LogP contribution is -2.37. The molecule has 0 spiro atoms. The molecule has 14 heavy (non-hydrogen) atoms. The highest BCUT2D eigenvalue weighted by atomic mass is 16.3. The Morgan fingerprint density at radius 1 is 1.29 bits per heavy atom. The summed E-state index contributed by atoms with van der Waals surface area (Å²) in [7, 11) is 4.12. The molecule has 0 bridgehead atoms. The molecule has 86 valence electrons. The topological polar surface area (TPSA) is 35.5 Å². The molecule has 0 saturated carbocycles. The molecule has 0 rings (SSSR count). The third-order valence-electron chi connectivity index (χ3n) is 2.37. The largest absolute Gasteiger partial charge is 0.395 e. The fraction of sp³-hybridized carbons (Fsp3) is 1.00. The van der Waals surface area contributed by atoms with Crippen molar-refractivity contribution in [3.8, 4) is 0 Å². The first-order chi connectivity index (χ1) is 6.70. The minimum absolute atomic E-state index is 0.261. The molecule has 0 aliphatic heterocycles. The summed E-state index contributed by atoms with van der Waals surface area (Å²) < 4.78 is 0. The van der Waals surface area contributed by atoms with E-state index >= 15 is 0 Å². The summed E-state index contributed by atoms with van der Waals surface area (Å²) in [6.07, 6.45) is 4.83. The van der Waals surface area contributed by atoms with Gasteiger partial charge in [-0.15, -0.1) is 0 Å². The predicted octanol–water partition coefficient (Wildman–Crippen LogP) is 1.08. The van der Waals surface area contributed by atoms with Crippen molar-refractivity contribution in [1.29, 1.82) is 0 Å². The maximum Gasteiger partial charge on any atom is 0.0584 e. The molecule has 0 aromatic carbocycles. The summed E-state index contributed by atoms with van der Waals surface area (Å²) in [5.74, 6) is 0. The number of hydrogen-bond acceptors (Lipinski definition) is 3.